The van der Waals surface area contributed by atoms with E-state index in [1.807, 2.05) is 0 Å². The molecule has 1 fully saturated rings. The third-order valence-corrected chi connectivity index (χ3v) is 5.22. The summed E-state index contributed by atoms with van der Waals surface area (Å²) in [6, 6.07) is 0. The molecule has 100 valence electrons. The van der Waals surface area contributed by atoms with Gasteiger partial charge in [-0.1, -0.05) is 6.92 Å². The van der Waals surface area contributed by atoms with Crippen LogP contribution in [0, 0.1) is 5.92 Å². The molecule has 0 spiro atoms. The third kappa shape index (κ3) is 3.40. The molecule has 0 amide bonds. The molecule has 0 bridgehead atoms. The van der Waals surface area contributed by atoms with Gasteiger partial charge in [-0.05, 0) is 19.3 Å². The van der Waals surface area contributed by atoms with Crippen molar-refractivity contribution in [1.82, 2.24) is 4.31 Å². The molecular formula is C10H19NO5S. The van der Waals surface area contributed by atoms with Crippen LogP contribution >= 0.6 is 0 Å². The molecule has 0 aliphatic carbocycles. The molecule has 1 heterocycles. The Morgan fingerprint density at radius 1 is 1.59 bits per heavy atom. The molecule has 0 saturated carbocycles. The molecule has 6 nitrogen and oxygen atoms in total. The van der Waals surface area contributed by atoms with Gasteiger partial charge < -0.3 is 9.84 Å². The van der Waals surface area contributed by atoms with E-state index < -0.39 is 21.2 Å². The summed E-state index contributed by atoms with van der Waals surface area (Å²) in [5.41, 5.74) is 0. The summed E-state index contributed by atoms with van der Waals surface area (Å²) in [5, 5.41) is 7.39. The van der Waals surface area contributed by atoms with E-state index in [1.54, 1.807) is 6.92 Å². The molecule has 17 heavy (non-hydrogen) atoms. The number of carboxylic acids is 1. The normalized spacial score (nSPS) is 22.9. The maximum absolute atomic E-state index is 12.0. The SMILES string of the molecule is CCN(CC1CCOC1)S(=O)(=O)C(C)C(=O)O. The average molecular weight is 265 g/mol. The van der Waals surface area contributed by atoms with Crippen LogP contribution in [-0.4, -0.2) is 55.4 Å². The van der Waals surface area contributed by atoms with Gasteiger partial charge in [-0.3, -0.25) is 4.79 Å². The predicted octanol–water partition coefficient (Wildman–Crippen LogP) is 0.148. The second-order valence-corrected chi connectivity index (χ2v) is 6.46. The summed E-state index contributed by atoms with van der Waals surface area (Å²) in [7, 11) is -3.76. The maximum Gasteiger partial charge on any atom is 0.323 e. The molecule has 1 aliphatic heterocycles. The first kappa shape index (κ1) is 14.4. The van der Waals surface area contributed by atoms with Crippen molar-refractivity contribution in [2.24, 2.45) is 5.92 Å². The van der Waals surface area contributed by atoms with Crippen molar-refractivity contribution >= 4 is 16.0 Å². The Hall–Kier alpha value is -0.660. The van der Waals surface area contributed by atoms with Crippen LogP contribution in [0.1, 0.15) is 20.3 Å². The van der Waals surface area contributed by atoms with Crippen LogP contribution in [0.3, 0.4) is 0 Å². The van der Waals surface area contributed by atoms with Crippen molar-refractivity contribution in [3.63, 3.8) is 0 Å². The minimum absolute atomic E-state index is 0.172. The van der Waals surface area contributed by atoms with Crippen molar-refractivity contribution in [2.45, 2.75) is 25.5 Å². The molecule has 1 saturated heterocycles. The number of nitrogens with zero attached hydrogens (tertiary/aromatic N) is 1. The number of hydrogen-bond donors (Lipinski definition) is 1. The van der Waals surface area contributed by atoms with E-state index in [4.69, 9.17) is 9.84 Å². The van der Waals surface area contributed by atoms with Crippen molar-refractivity contribution in [2.75, 3.05) is 26.3 Å². The largest absolute Gasteiger partial charge is 0.480 e. The number of aliphatic carboxylic acids is 1. The van der Waals surface area contributed by atoms with Gasteiger partial charge in [0.15, 0.2) is 5.25 Å². The van der Waals surface area contributed by atoms with Crippen LogP contribution in [-0.2, 0) is 19.6 Å². The van der Waals surface area contributed by atoms with Gasteiger partial charge in [0, 0.05) is 19.7 Å². The minimum atomic E-state index is -3.76. The highest BCUT2D eigenvalue weighted by molar-refractivity contribution is 7.90. The Kier molecular flexibility index (Phi) is 4.91. The molecule has 1 N–H and O–H groups in total. The van der Waals surface area contributed by atoms with E-state index in [1.165, 1.54) is 11.2 Å². The van der Waals surface area contributed by atoms with Crippen LogP contribution < -0.4 is 0 Å². The number of ether oxygens (including phenoxy) is 1. The lowest BCUT2D eigenvalue weighted by Crippen LogP contribution is -2.43. The number of carboxylic acid groups (broad SMARTS) is 1. The Morgan fingerprint density at radius 3 is 2.65 bits per heavy atom. The summed E-state index contributed by atoms with van der Waals surface area (Å²) in [5.74, 6) is -1.14. The lowest BCUT2D eigenvalue weighted by molar-refractivity contribution is -0.136. The fourth-order valence-electron chi connectivity index (χ4n) is 1.78. The van der Waals surface area contributed by atoms with Gasteiger partial charge in [0.25, 0.3) is 0 Å². The van der Waals surface area contributed by atoms with Crippen molar-refractivity contribution in [3.05, 3.63) is 0 Å². The number of rotatable bonds is 6. The Bertz CT molecular complexity index is 361. The van der Waals surface area contributed by atoms with Gasteiger partial charge >= 0.3 is 5.97 Å². The number of hydrogen-bond acceptors (Lipinski definition) is 4. The highest BCUT2D eigenvalue weighted by Crippen LogP contribution is 2.18. The van der Waals surface area contributed by atoms with Crippen molar-refractivity contribution in [3.8, 4) is 0 Å². The molecule has 2 unspecified atom stereocenters. The van der Waals surface area contributed by atoms with E-state index in [2.05, 4.69) is 0 Å². The van der Waals surface area contributed by atoms with Gasteiger partial charge in [0.2, 0.25) is 10.0 Å². The smallest absolute Gasteiger partial charge is 0.323 e. The van der Waals surface area contributed by atoms with E-state index in [-0.39, 0.29) is 12.5 Å². The summed E-state index contributed by atoms with van der Waals surface area (Å²) in [6.07, 6.45) is 0.827. The Balaban J connectivity index is 2.74. The van der Waals surface area contributed by atoms with E-state index in [0.29, 0.717) is 19.8 Å². The molecular weight excluding hydrogens is 246 g/mol. The van der Waals surface area contributed by atoms with Crippen LogP contribution in [0.2, 0.25) is 0 Å². The zero-order chi connectivity index (χ0) is 13.1. The van der Waals surface area contributed by atoms with Crippen molar-refractivity contribution < 1.29 is 23.1 Å². The Morgan fingerprint density at radius 2 is 2.24 bits per heavy atom. The molecule has 2 atom stereocenters. The third-order valence-electron chi connectivity index (χ3n) is 2.99. The summed E-state index contributed by atoms with van der Waals surface area (Å²) in [6.45, 7) is 4.74. The standard InChI is InChI=1S/C10H19NO5S/c1-3-11(6-9-4-5-16-7-9)17(14,15)8(2)10(12)13/h8-9H,3-7H2,1-2H3,(H,12,13). The summed E-state index contributed by atoms with van der Waals surface area (Å²) < 4.78 is 30.4. The zero-order valence-corrected chi connectivity index (χ0v) is 10.9. The molecule has 0 aromatic carbocycles. The van der Waals surface area contributed by atoms with Crippen molar-refractivity contribution in [1.29, 1.82) is 0 Å². The van der Waals surface area contributed by atoms with E-state index in [9.17, 15) is 13.2 Å². The van der Waals surface area contributed by atoms with E-state index >= 15 is 0 Å². The lowest BCUT2D eigenvalue weighted by atomic mass is 10.1. The monoisotopic (exact) mass is 265 g/mol. The topological polar surface area (TPSA) is 83.9 Å². The van der Waals surface area contributed by atoms with Crippen LogP contribution in [0.15, 0.2) is 0 Å². The van der Waals surface area contributed by atoms with Crippen LogP contribution in [0.4, 0.5) is 0 Å². The fourth-order valence-corrected chi connectivity index (χ4v) is 3.26. The summed E-state index contributed by atoms with van der Waals surface area (Å²) in [4.78, 5) is 10.8. The molecule has 1 aliphatic rings. The first-order chi connectivity index (χ1) is 7.89. The quantitative estimate of drug-likeness (QED) is 0.739. The zero-order valence-electron chi connectivity index (χ0n) is 10.1. The minimum Gasteiger partial charge on any atom is -0.480 e. The van der Waals surface area contributed by atoms with E-state index in [0.717, 1.165) is 6.42 Å². The molecule has 0 aromatic rings. The number of sulfonamides is 1. The van der Waals surface area contributed by atoms with Crippen LogP contribution in [0.5, 0.6) is 0 Å². The first-order valence-corrected chi connectivity index (χ1v) is 7.19. The molecule has 7 heteroatoms. The van der Waals surface area contributed by atoms with Gasteiger partial charge in [0.1, 0.15) is 0 Å². The number of carbonyl (C=O) groups is 1. The highest BCUT2D eigenvalue weighted by Gasteiger charge is 2.34. The molecule has 1 rings (SSSR count). The summed E-state index contributed by atoms with van der Waals surface area (Å²) >= 11 is 0. The fraction of sp³-hybridized carbons (Fsp3) is 0.900. The average Bonchev–Trinajstić information content (AvgIpc) is 2.76. The van der Waals surface area contributed by atoms with Gasteiger partial charge in [-0.15, -0.1) is 0 Å². The highest BCUT2D eigenvalue weighted by atomic mass is 32.2. The lowest BCUT2D eigenvalue weighted by Gasteiger charge is -2.24. The second-order valence-electron chi connectivity index (χ2n) is 4.21. The van der Waals surface area contributed by atoms with Gasteiger partial charge in [0.05, 0.1) is 6.61 Å². The first-order valence-electron chi connectivity index (χ1n) is 5.69. The van der Waals surface area contributed by atoms with Gasteiger partial charge in [-0.25, -0.2) is 12.7 Å². The predicted molar refractivity (Wildman–Crippen MR) is 62.2 cm³/mol. The molecule has 0 aromatic heterocycles. The maximum atomic E-state index is 12.0. The molecule has 0 radical (unpaired) electrons. The Labute approximate surface area is 102 Å². The second kappa shape index (κ2) is 5.79. The van der Waals surface area contributed by atoms with Crippen LogP contribution in [0.25, 0.3) is 0 Å². The van der Waals surface area contributed by atoms with Gasteiger partial charge in [-0.2, -0.15) is 0 Å².